The number of sulfonamides is 1. The summed E-state index contributed by atoms with van der Waals surface area (Å²) in [5.74, 6) is 1.16. The Bertz CT molecular complexity index is 1520. The molecule has 0 amide bonds. The van der Waals surface area contributed by atoms with Crippen LogP contribution in [0, 0.1) is 0 Å². The molecule has 1 atom stereocenters. The molecule has 0 aliphatic carbocycles. The van der Waals surface area contributed by atoms with Gasteiger partial charge in [-0.1, -0.05) is 83.5 Å². The first-order chi connectivity index (χ1) is 18.3. The first-order valence-corrected chi connectivity index (χ1v) is 15.3. The zero-order valence-corrected chi connectivity index (χ0v) is 23.8. The number of thioether (sulfide) groups is 1. The van der Waals surface area contributed by atoms with Gasteiger partial charge in [0, 0.05) is 34.5 Å². The monoisotopic (exact) mass is 588 g/mol. The topological polar surface area (TPSA) is 77.3 Å². The summed E-state index contributed by atoms with van der Waals surface area (Å²) in [6, 6.07) is 22.3. The van der Waals surface area contributed by atoms with E-state index in [1.807, 2.05) is 41.0 Å². The number of ether oxygens (including phenoxy) is 1. The van der Waals surface area contributed by atoms with Gasteiger partial charge in [-0.05, 0) is 42.3 Å². The molecule has 2 heterocycles. The molecule has 0 saturated carbocycles. The molecule has 1 aliphatic heterocycles. The van der Waals surface area contributed by atoms with E-state index in [9.17, 15) is 8.42 Å². The van der Waals surface area contributed by atoms with Crippen LogP contribution >= 0.6 is 35.0 Å². The van der Waals surface area contributed by atoms with Gasteiger partial charge in [-0.15, -0.1) is 10.2 Å². The van der Waals surface area contributed by atoms with Crippen molar-refractivity contribution in [2.75, 3.05) is 26.3 Å². The van der Waals surface area contributed by atoms with Gasteiger partial charge in [0.1, 0.15) is 0 Å². The molecular formula is C27H26Cl2N4O3S2. The van der Waals surface area contributed by atoms with Gasteiger partial charge in [0.05, 0.1) is 24.2 Å². The molecule has 0 spiro atoms. The number of hydrogen-bond acceptors (Lipinski definition) is 6. The smallest absolute Gasteiger partial charge is 0.243 e. The first-order valence-electron chi connectivity index (χ1n) is 12.1. The van der Waals surface area contributed by atoms with Gasteiger partial charge in [0.2, 0.25) is 10.0 Å². The van der Waals surface area contributed by atoms with Crippen LogP contribution in [0.3, 0.4) is 0 Å². The molecule has 5 rings (SSSR count). The van der Waals surface area contributed by atoms with E-state index in [4.69, 9.17) is 27.9 Å². The highest BCUT2D eigenvalue weighted by atomic mass is 35.5. The fraction of sp³-hybridized carbons (Fsp3) is 0.259. The van der Waals surface area contributed by atoms with Crippen molar-refractivity contribution in [2.24, 2.45) is 0 Å². The van der Waals surface area contributed by atoms with Crippen molar-refractivity contribution in [3.05, 3.63) is 94.0 Å². The largest absolute Gasteiger partial charge is 0.379 e. The summed E-state index contributed by atoms with van der Waals surface area (Å²) in [6.45, 7) is 3.53. The van der Waals surface area contributed by atoms with Crippen LogP contribution in [0.15, 0.2) is 82.8 Å². The second kappa shape index (κ2) is 11.8. The third-order valence-electron chi connectivity index (χ3n) is 6.41. The highest BCUT2D eigenvalue weighted by Crippen LogP contribution is 2.34. The Morgan fingerprint density at radius 1 is 0.974 bits per heavy atom. The number of halogens is 2. The highest BCUT2D eigenvalue weighted by molar-refractivity contribution is 7.98. The molecule has 0 bridgehead atoms. The lowest BCUT2D eigenvalue weighted by Crippen LogP contribution is -2.40. The van der Waals surface area contributed by atoms with Crippen LogP contribution in [-0.4, -0.2) is 53.8 Å². The van der Waals surface area contributed by atoms with Crippen molar-refractivity contribution >= 4 is 45.0 Å². The molecule has 198 valence electrons. The van der Waals surface area contributed by atoms with Gasteiger partial charge in [0.15, 0.2) is 11.0 Å². The van der Waals surface area contributed by atoms with E-state index in [0.717, 1.165) is 11.1 Å². The zero-order valence-electron chi connectivity index (χ0n) is 20.6. The van der Waals surface area contributed by atoms with E-state index in [1.54, 1.807) is 24.3 Å². The molecule has 1 unspecified atom stereocenters. The number of morpholine rings is 1. The summed E-state index contributed by atoms with van der Waals surface area (Å²) in [4.78, 5) is 0.223. The summed E-state index contributed by atoms with van der Waals surface area (Å²) in [5, 5.41) is 10.9. The summed E-state index contributed by atoms with van der Waals surface area (Å²) in [5.41, 5.74) is 2.69. The van der Waals surface area contributed by atoms with Crippen LogP contribution in [0.25, 0.3) is 11.4 Å². The van der Waals surface area contributed by atoms with E-state index >= 15 is 0 Å². The van der Waals surface area contributed by atoms with Crippen LogP contribution in [0.2, 0.25) is 10.0 Å². The van der Waals surface area contributed by atoms with Crippen LogP contribution < -0.4 is 0 Å². The van der Waals surface area contributed by atoms with Gasteiger partial charge in [-0.2, -0.15) is 4.31 Å². The SMILES string of the molecule is CC(c1ccccc1)n1c(SCc2ccc(Cl)cc2Cl)nnc1-c1cccc(S(=O)(=O)N2CCOCC2)c1. The van der Waals surface area contributed by atoms with Crippen LogP contribution in [0.5, 0.6) is 0 Å². The number of nitrogens with zero attached hydrogens (tertiary/aromatic N) is 4. The van der Waals surface area contributed by atoms with Crippen molar-refractivity contribution in [3.8, 4) is 11.4 Å². The average molecular weight is 590 g/mol. The average Bonchev–Trinajstić information content (AvgIpc) is 3.37. The second-order valence-corrected chi connectivity index (χ2v) is 12.6. The number of hydrogen-bond donors (Lipinski definition) is 0. The second-order valence-electron chi connectivity index (χ2n) is 8.83. The Morgan fingerprint density at radius 3 is 2.47 bits per heavy atom. The van der Waals surface area contributed by atoms with Gasteiger partial charge >= 0.3 is 0 Å². The molecule has 7 nitrogen and oxygen atoms in total. The van der Waals surface area contributed by atoms with Crippen molar-refractivity contribution < 1.29 is 13.2 Å². The standard InChI is InChI=1S/C27H26Cl2N4O3S2/c1-19(20-6-3-2-4-7-20)33-26(30-31-27(33)37-18-22-10-11-23(28)17-25(22)29)21-8-5-9-24(16-21)38(34,35)32-12-14-36-15-13-32/h2-11,16-17,19H,12-15,18H2,1H3. The summed E-state index contributed by atoms with van der Waals surface area (Å²) in [7, 11) is -3.66. The van der Waals surface area contributed by atoms with Crippen LogP contribution in [-0.2, 0) is 20.5 Å². The summed E-state index contributed by atoms with van der Waals surface area (Å²) < 4.78 is 35.5. The molecule has 1 fully saturated rings. The Kier molecular flexibility index (Phi) is 8.42. The lowest BCUT2D eigenvalue weighted by atomic mass is 10.1. The van der Waals surface area contributed by atoms with Crippen molar-refractivity contribution in [2.45, 2.75) is 28.8 Å². The van der Waals surface area contributed by atoms with Gasteiger partial charge in [-0.3, -0.25) is 4.57 Å². The van der Waals surface area contributed by atoms with Crippen LogP contribution in [0.4, 0.5) is 0 Å². The Labute approximate surface area is 236 Å². The predicted octanol–water partition coefficient (Wildman–Crippen LogP) is 6.17. The molecule has 4 aromatic rings. The molecule has 11 heteroatoms. The van der Waals surface area contributed by atoms with Gasteiger partial charge < -0.3 is 4.74 Å². The van der Waals surface area contributed by atoms with Gasteiger partial charge in [-0.25, -0.2) is 8.42 Å². The minimum absolute atomic E-state index is 0.108. The maximum Gasteiger partial charge on any atom is 0.243 e. The minimum Gasteiger partial charge on any atom is -0.379 e. The number of aromatic nitrogens is 3. The highest BCUT2D eigenvalue weighted by Gasteiger charge is 2.28. The first kappa shape index (κ1) is 27.2. The van der Waals surface area contributed by atoms with E-state index in [1.165, 1.54) is 16.1 Å². The van der Waals surface area contributed by atoms with E-state index < -0.39 is 10.0 Å². The zero-order chi connectivity index (χ0) is 26.7. The third kappa shape index (κ3) is 5.78. The Morgan fingerprint density at radius 2 is 1.74 bits per heavy atom. The number of rotatable bonds is 8. The van der Waals surface area contributed by atoms with E-state index in [2.05, 4.69) is 29.3 Å². The molecule has 1 saturated heterocycles. The molecule has 3 aromatic carbocycles. The summed E-state index contributed by atoms with van der Waals surface area (Å²) >= 11 is 14.0. The normalized spacial score (nSPS) is 15.4. The fourth-order valence-electron chi connectivity index (χ4n) is 4.31. The summed E-state index contributed by atoms with van der Waals surface area (Å²) in [6.07, 6.45) is 0. The lowest BCUT2D eigenvalue weighted by Gasteiger charge is -2.26. The maximum atomic E-state index is 13.3. The predicted molar refractivity (Wildman–Crippen MR) is 151 cm³/mol. The third-order valence-corrected chi connectivity index (χ3v) is 9.88. The van der Waals surface area contributed by atoms with Crippen LogP contribution in [0.1, 0.15) is 24.1 Å². The maximum absolute atomic E-state index is 13.3. The molecule has 1 aliphatic rings. The Hall–Kier alpha value is -2.40. The van der Waals surface area contributed by atoms with Crippen molar-refractivity contribution in [1.82, 2.24) is 19.1 Å². The van der Waals surface area contributed by atoms with Crippen molar-refractivity contribution in [3.63, 3.8) is 0 Å². The molecule has 0 N–H and O–H groups in total. The quantitative estimate of drug-likeness (QED) is 0.229. The number of benzene rings is 3. The lowest BCUT2D eigenvalue weighted by molar-refractivity contribution is 0.0730. The Balaban J connectivity index is 1.53. The van der Waals surface area contributed by atoms with E-state index in [0.29, 0.717) is 58.6 Å². The fourth-order valence-corrected chi connectivity index (χ4v) is 7.34. The molecule has 1 aromatic heterocycles. The molecule has 0 radical (unpaired) electrons. The van der Waals surface area contributed by atoms with Gasteiger partial charge in [0.25, 0.3) is 0 Å². The van der Waals surface area contributed by atoms with E-state index in [-0.39, 0.29) is 10.9 Å². The van der Waals surface area contributed by atoms with Crippen molar-refractivity contribution in [1.29, 1.82) is 0 Å². The minimum atomic E-state index is -3.66. The molecular weight excluding hydrogens is 563 g/mol. The molecule has 38 heavy (non-hydrogen) atoms.